The summed E-state index contributed by atoms with van der Waals surface area (Å²) in [6.07, 6.45) is 1.42. The van der Waals surface area contributed by atoms with Gasteiger partial charge in [0.1, 0.15) is 11.6 Å². The van der Waals surface area contributed by atoms with E-state index in [2.05, 4.69) is 5.32 Å². The van der Waals surface area contributed by atoms with Crippen LogP contribution in [0.5, 0.6) is 0 Å². The average Bonchev–Trinajstić information content (AvgIpc) is 2.50. The molecule has 1 aliphatic rings. The van der Waals surface area contributed by atoms with Crippen LogP contribution in [0.3, 0.4) is 0 Å². The molecular formula is C14H16N4O2. The molecule has 1 saturated heterocycles. The van der Waals surface area contributed by atoms with Crippen LogP contribution >= 0.6 is 0 Å². The summed E-state index contributed by atoms with van der Waals surface area (Å²) in [5.74, 6) is -0.279. The molecule has 1 heterocycles. The van der Waals surface area contributed by atoms with E-state index in [-0.39, 0.29) is 11.5 Å². The number of carbonyl (C=O) groups is 1. The number of nitrogens with one attached hydrogen (secondary N) is 1. The lowest BCUT2D eigenvalue weighted by Gasteiger charge is -2.26. The molecule has 0 radical (unpaired) electrons. The second-order valence-corrected chi connectivity index (χ2v) is 4.34. The Hall–Kier alpha value is -2.52. The van der Waals surface area contributed by atoms with Crippen LogP contribution in [0, 0.1) is 11.3 Å². The van der Waals surface area contributed by atoms with E-state index in [0.717, 1.165) is 5.69 Å². The summed E-state index contributed by atoms with van der Waals surface area (Å²) in [4.78, 5) is 13.7. The van der Waals surface area contributed by atoms with Gasteiger partial charge in [0.2, 0.25) is 0 Å². The largest absolute Gasteiger partial charge is 0.399 e. The predicted octanol–water partition coefficient (Wildman–Crippen LogP) is 0.947. The quantitative estimate of drug-likeness (QED) is 0.485. The Morgan fingerprint density at radius 2 is 2.00 bits per heavy atom. The molecule has 20 heavy (non-hydrogen) atoms. The maximum atomic E-state index is 12.1. The van der Waals surface area contributed by atoms with E-state index in [0.29, 0.717) is 32.0 Å². The first-order valence-corrected chi connectivity index (χ1v) is 6.30. The van der Waals surface area contributed by atoms with Crippen LogP contribution in [0.4, 0.5) is 11.4 Å². The molecule has 1 amide bonds. The zero-order chi connectivity index (χ0) is 14.4. The van der Waals surface area contributed by atoms with Crippen molar-refractivity contribution in [2.45, 2.75) is 0 Å². The highest BCUT2D eigenvalue weighted by Gasteiger charge is 2.20. The van der Waals surface area contributed by atoms with Gasteiger partial charge in [-0.05, 0) is 24.3 Å². The number of hydrogen-bond donors (Lipinski definition) is 2. The fourth-order valence-electron chi connectivity index (χ4n) is 1.81. The summed E-state index contributed by atoms with van der Waals surface area (Å²) >= 11 is 0. The smallest absolute Gasteiger partial charge is 0.266 e. The minimum Gasteiger partial charge on any atom is -0.399 e. The molecule has 0 saturated carbocycles. The van der Waals surface area contributed by atoms with Crippen LogP contribution < -0.4 is 11.1 Å². The fourth-order valence-corrected chi connectivity index (χ4v) is 1.81. The van der Waals surface area contributed by atoms with Crippen LogP contribution in [0.15, 0.2) is 36.0 Å². The number of anilines is 2. The number of amides is 1. The van der Waals surface area contributed by atoms with Crippen LogP contribution in [0.2, 0.25) is 0 Å². The van der Waals surface area contributed by atoms with Crippen molar-refractivity contribution in [3.05, 3.63) is 36.0 Å². The van der Waals surface area contributed by atoms with E-state index in [1.54, 1.807) is 29.2 Å². The van der Waals surface area contributed by atoms with E-state index in [9.17, 15) is 4.79 Å². The molecule has 0 unspecified atom stereocenters. The summed E-state index contributed by atoms with van der Waals surface area (Å²) < 4.78 is 5.18. The number of benzene rings is 1. The number of nitriles is 1. The van der Waals surface area contributed by atoms with E-state index < -0.39 is 0 Å². The number of nitrogen functional groups attached to an aromatic ring is 1. The molecule has 0 bridgehead atoms. The van der Waals surface area contributed by atoms with Crippen LogP contribution in [-0.4, -0.2) is 37.1 Å². The van der Waals surface area contributed by atoms with Gasteiger partial charge >= 0.3 is 0 Å². The molecule has 3 N–H and O–H groups in total. The molecule has 1 aliphatic heterocycles. The molecule has 104 valence electrons. The number of rotatable bonds is 3. The number of morpholine rings is 1. The molecule has 6 nitrogen and oxygen atoms in total. The minimum absolute atomic E-state index is 0.0729. The van der Waals surface area contributed by atoms with E-state index in [1.807, 2.05) is 6.07 Å². The van der Waals surface area contributed by atoms with Gasteiger partial charge < -0.3 is 20.7 Å². The van der Waals surface area contributed by atoms with Gasteiger partial charge in [0.15, 0.2) is 0 Å². The minimum atomic E-state index is -0.279. The lowest BCUT2D eigenvalue weighted by molar-refractivity contribution is -0.130. The first-order valence-electron chi connectivity index (χ1n) is 6.30. The molecule has 1 aromatic carbocycles. The number of carbonyl (C=O) groups excluding carboxylic acids is 1. The highest BCUT2D eigenvalue weighted by Crippen LogP contribution is 2.11. The Balaban J connectivity index is 2.03. The number of nitrogens with zero attached hydrogens (tertiary/aromatic N) is 2. The van der Waals surface area contributed by atoms with Gasteiger partial charge in [-0.3, -0.25) is 4.79 Å². The monoisotopic (exact) mass is 272 g/mol. The van der Waals surface area contributed by atoms with Crippen molar-refractivity contribution in [3.8, 4) is 6.07 Å². The van der Waals surface area contributed by atoms with E-state index >= 15 is 0 Å². The fraction of sp³-hybridized carbons (Fsp3) is 0.286. The maximum Gasteiger partial charge on any atom is 0.266 e. The standard InChI is InChI=1S/C14H16N4O2/c15-9-11(14(19)18-5-7-20-8-6-18)10-17-13-3-1-12(16)2-4-13/h1-4,10,17H,5-8,16H2/b11-10-. The van der Waals surface area contributed by atoms with Crippen LogP contribution in [0.1, 0.15) is 0 Å². The average molecular weight is 272 g/mol. The van der Waals surface area contributed by atoms with Gasteiger partial charge in [-0.15, -0.1) is 0 Å². The van der Waals surface area contributed by atoms with Crippen molar-refractivity contribution < 1.29 is 9.53 Å². The second-order valence-electron chi connectivity index (χ2n) is 4.34. The first kappa shape index (κ1) is 13.9. The first-order chi connectivity index (χ1) is 9.70. The highest BCUT2D eigenvalue weighted by atomic mass is 16.5. The van der Waals surface area contributed by atoms with Crippen LogP contribution in [-0.2, 0) is 9.53 Å². The van der Waals surface area contributed by atoms with Crippen molar-refractivity contribution in [2.24, 2.45) is 0 Å². The van der Waals surface area contributed by atoms with E-state index in [1.165, 1.54) is 6.20 Å². The van der Waals surface area contributed by atoms with Crippen LogP contribution in [0.25, 0.3) is 0 Å². The Morgan fingerprint density at radius 3 is 2.60 bits per heavy atom. The number of hydrogen-bond acceptors (Lipinski definition) is 5. The summed E-state index contributed by atoms with van der Waals surface area (Å²) in [6, 6.07) is 8.96. The van der Waals surface area contributed by atoms with Crippen molar-refractivity contribution in [2.75, 3.05) is 37.4 Å². The Bertz CT molecular complexity index is 539. The Morgan fingerprint density at radius 1 is 1.35 bits per heavy atom. The summed E-state index contributed by atoms with van der Waals surface area (Å²) in [7, 11) is 0. The summed E-state index contributed by atoms with van der Waals surface area (Å²) in [6.45, 7) is 2.05. The Labute approximate surface area is 117 Å². The maximum absolute atomic E-state index is 12.1. The molecule has 1 aromatic rings. The third-order valence-electron chi connectivity index (χ3n) is 2.94. The third-order valence-corrected chi connectivity index (χ3v) is 2.94. The van der Waals surface area contributed by atoms with Gasteiger partial charge in [0.05, 0.1) is 13.2 Å². The Kier molecular flexibility index (Phi) is 4.58. The molecule has 2 rings (SSSR count). The highest BCUT2D eigenvalue weighted by molar-refractivity contribution is 5.97. The molecule has 6 heteroatoms. The molecule has 1 fully saturated rings. The number of nitrogens with two attached hydrogens (primary N) is 1. The van der Waals surface area contributed by atoms with Gasteiger partial charge in [-0.1, -0.05) is 0 Å². The van der Waals surface area contributed by atoms with E-state index in [4.69, 9.17) is 15.7 Å². The lowest BCUT2D eigenvalue weighted by Crippen LogP contribution is -2.41. The number of ether oxygens (including phenoxy) is 1. The lowest BCUT2D eigenvalue weighted by atomic mass is 10.2. The molecule has 0 aliphatic carbocycles. The predicted molar refractivity (Wildman–Crippen MR) is 75.6 cm³/mol. The molecule has 0 spiro atoms. The van der Waals surface area contributed by atoms with Crippen molar-refractivity contribution in [3.63, 3.8) is 0 Å². The van der Waals surface area contributed by atoms with Gasteiger partial charge in [0, 0.05) is 30.7 Å². The molecule has 0 atom stereocenters. The van der Waals surface area contributed by atoms with Crippen molar-refractivity contribution in [1.29, 1.82) is 5.26 Å². The molecular weight excluding hydrogens is 256 g/mol. The van der Waals surface area contributed by atoms with Gasteiger partial charge in [-0.25, -0.2) is 0 Å². The normalized spacial score (nSPS) is 15.6. The third kappa shape index (κ3) is 3.49. The second kappa shape index (κ2) is 6.59. The molecule has 0 aromatic heterocycles. The summed E-state index contributed by atoms with van der Waals surface area (Å²) in [5, 5.41) is 12.0. The van der Waals surface area contributed by atoms with Crippen molar-refractivity contribution in [1.82, 2.24) is 4.90 Å². The zero-order valence-electron chi connectivity index (χ0n) is 11.0. The summed E-state index contributed by atoms with van der Waals surface area (Å²) in [5.41, 5.74) is 7.08. The zero-order valence-corrected chi connectivity index (χ0v) is 11.0. The SMILES string of the molecule is N#C/C(=C/Nc1ccc(N)cc1)C(=O)N1CCOCC1. The van der Waals surface area contributed by atoms with Crippen molar-refractivity contribution >= 4 is 17.3 Å². The topological polar surface area (TPSA) is 91.4 Å². The van der Waals surface area contributed by atoms with Gasteiger partial charge in [-0.2, -0.15) is 5.26 Å². The van der Waals surface area contributed by atoms with Gasteiger partial charge in [0.25, 0.3) is 5.91 Å².